The maximum atomic E-state index is 12.9. The fraction of sp³-hybridized carbons (Fsp3) is 0.600. The van der Waals surface area contributed by atoms with Gasteiger partial charge in [0, 0.05) is 12.7 Å². The molecule has 0 saturated heterocycles. The van der Waals surface area contributed by atoms with Crippen molar-refractivity contribution >= 4 is 41.4 Å². The zero-order valence-electron chi connectivity index (χ0n) is 15.9. The third-order valence-electron chi connectivity index (χ3n) is 3.70. The molecule has 2 aromatic rings. The van der Waals surface area contributed by atoms with Gasteiger partial charge in [-0.1, -0.05) is 11.8 Å². The molecule has 2 rings (SSSR count). The quantitative estimate of drug-likeness (QED) is 0.453. The van der Waals surface area contributed by atoms with Crippen LogP contribution in [-0.4, -0.2) is 68.2 Å². The lowest BCUT2D eigenvalue weighted by atomic mass is 10.4. The molecule has 0 fully saturated rings. The van der Waals surface area contributed by atoms with E-state index in [1.54, 1.807) is 20.4 Å². The predicted octanol–water partition coefficient (Wildman–Crippen LogP) is 1.82. The molecule has 10 nitrogen and oxygen atoms in total. The van der Waals surface area contributed by atoms with E-state index in [0.717, 1.165) is 11.8 Å². The fourth-order valence-electron chi connectivity index (χ4n) is 2.22. The molecular weight excluding hydrogens is 391 g/mol. The SMILES string of the molecule is CC(=O)SCCOP(=O)(CO[C@H](C)Cn1cnc2c(N)ncnc21)N(C)C. The number of thioether (sulfide) groups is 1. The lowest BCUT2D eigenvalue weighted by molar-refractivity contribution is -0.109. The Morgan fingerprint density at radius 2 is 2.15 bits per heavy atom. The summed E-state index contributed by atoms with van der Waals surface area (Å²) in [7, 11) is 0.218. The Bertz CT molecular complexity index is 830. The summed E-state index contributed by atoms with van der Waals surface area (Å²) in [6.45, 7) is 4.02. The van der Waals surface area contributed by atoms with Gasteiger partial charge >= 0.3 is 0 Å². The maximum absolute atomic E-state index is 12.9. The van der Waals surface area contributed by atoms with Crippen molar-refractivity contribution in [2.45, 2.75) is 26.5 Å². The molecule has 27 heavy (non-hydrogen) atoms. The third-order valence-corrected chi connectivity index (χ3v) is 6.75. The Morgan fingerprint density at radius 1 is 1.41 bits per heavy atom. The number of rotatable bonds is 10. The highest BCUT2D eigenvalue weighted by Crippen LogP contribution is 2.49. The molecule has 1 unspecified atom stereocenters. The van der Waals surface area contributed by atoms with Crippen LogP contribution in [-0.2, 0) is 25.2 Å². The molecule has 0 aromatic carbocycles. The number of hydrogen-bond acceptors (Lipinski definition) is 9. The van der Waals surface area contributed by atoms with E-state index in [1.165, 1.54) is 17.9 Å². The summed E-state index contributed by atoms with van der Waals surface area (Å²) in [5.41, 5.74) is 6.94. The minimum absolute atomic E-state index is 0.000150. The van der Waals surface area contributed by atoms with Gasteiger partial charge in [0.2, 0.25) is 0 Å². The Hall–Kier alpha value is -1.52. The first-order valence-corrected chi connectivity index (χ1v) is 11.1. The first kappa shape index (κ1) is 21.8. The van der Waals surface area contributed by atoms with Gasteiger partial charge in [0.15, 0.2) is 16.6 Å². The highest BCUT2D eigenvalue weighted by Gasteiger charge is 2.28. The molecule has 0 aliphatic carbocycles. The van der Waals surface area contributed by atoms with Crippen LogP contribution >= 0.6 is 19.3 Å². The number of aromatic nitrogens is 4. The lowest BCUT2D eigenvalue weighted by Gasteiger charge is -2.26. The minimum atomic E-state index is -3.14. The molecule has 0 spiro atoms. The van der Waals surface area contributed by atoms with Crippen LogP contribution in [0.3, 0.4) is 0 Å². The predicted molar refractivity (Wildman–Crippen MR) is 106 cm³/mol. The van der Waals surface area contributed by atoms with E-state index in [2.05, 4.69) is 15.0 Å². The molecule has 0 bridgehead atoms. The summed E-state index contributed by atoms with van der Waals surface area (Å²) in [6, 6.07) is 0. The first-order valence-electron chi connectivity index (χ1n) is 8.30. The summed E-state index contributed by atoms with van der Waals surface area (Å²) in [4.78, 5) is 23.3. The van der Waals surface area contributed by atoms with Gasteiger partial charge in [-0.25, -0.2) is 19.6 Å². The largest absolute Gasteiger partial charge is 0.382 e. The summed E-state index contributed by atoms with van der Waals surface area (Å²) in [5.74, 6) is 0.770. The van der Waals surface area contributed by atoms with Crippen LogP contribution in [0.15, 0.2) is 12.7 Å². The van der Waals surface area contributed by atoms with Crippen molar-refractivity contribution in [1.29, 1.82) is 0 Å². The molecule has 0 aliphatic rings. The maximum Gasteiger partial charge on any atom is 0.297 e. The Balaban J connectivity index is 1.92. The van der Waals surface area contributed by atoms with Crippen LogP contribution in [0, 0.1) is 0 Å². The molecular formula is C15H25N6O4PS. The number of carbonyl (C=O) groups excluding carboxylic acids is 1. The van der Waals surface area contributed by atoms with Gasteiger partial charge in [-0.05, 0) is 21.0 Å². The lowest BCUT2D eigenvalue weighted by Crippen LogP contribution is -2.22. The number of fused-ring (bicyclic) bond motifs is 1. The molecule has 12 heteroatoms. The third kappa shape index (κ3) is 5.98. The summed E-state index contributed by atoms with van der Waals surface area (Å²) in [5, 5.41) is 0.000150. The Morgan fingerprint density at radius 3 is 2.81 bits per heavy atom. The molecule has 0 amide bonds. The number of carbonyl (C=O) groups is 1. The van der Waals surface area contributed by atoms with E-state index < -0.39 is 7.52 Å². The van der Waals surface area contributed by atoms with E-state index in [9.17, 15) is 9.36 Å². The standard InChI is InChI=1S/C15H25N6O4PS/c1-11(7-21-9-19-13-14(16)17-8-18-15(13)21)24-10-26(23,20(3)4)25-5-6-27-12(2)22/h8-9,11H,5-7,10H2,1-4H3,(H2,16,17,18)/t11-,26?/m1/s1. The average Bonchev–Trinajstić information content (AvgIpc) is 3.01. The second-order valence-corrected chi connectivity index (χ2v) is 9.96. The number of nitrogens with two attached hydrogens (primary N) is 1. The van der Waals surface area contributed by atoms with Crippen molar-refractivity contribution in [2.75, 3.05) is 38.5 Å². The second kappa shape index (κ2) is 9.61. The summed E-state index contributed by atoms with van der Waals surface area (Å²) >= 11 is 1.14. The van der Waals surface area contributed by atoms with E-state index >= 15 is 0 Å². The van der Waals surface area contributed by atoms with Crippen molar-refractivity contribution < 1.29 is 18.6 Å². The Labute approximate surface area is 162 Å². The van der Waals surface area contributed by atoms with Crippen LogP contribution in [0.25, 0.3) is 11.2 Å². The van der Waals surface area contributed by atoms with Crippen LogP contribution in [0.2, 0.25) is 0 Å². The first-order chi connectivity index (χ1) is 12.7. The molecule has 2 aromatic heterocycles. The van der Waals surface area contributed by atoms with Gasteiger partial charge < -0.3 is 19.6 Å². The fourth-order valence-corrected chi connectivity index (χ4v) is 4.15. The molecule has 0 radical (unpaired) electrons. The number of nitrogen functional groups attached to an aromatic ring is 1. The van der Waals surface area contributed by atoms with Crippen molar-refractivity contribution in [3.8, 4) is 0 Å². The number of ether oxygens (including phenoxy) is 1. The molecule has 2 atom stereocenters. The van der Waals surface area contributed by atoms with Gasteiger partial charge in [-0.3, -0.25) is 9.36 Å². The normalized spacial score (nSPS) is 15.1. The van der Waals surface area contributed by atoms with E-state index in [-0.39, 0.29) is 24.2 Å². The van der Waals surface area contributed by atoms with Gasteiger partial charge in [0.1, 0.15) is 18.2 Å². The Kier molecular flexibility index (Phi) is 7.75. The van der Waals surface area contributed by atoms with Crippen LogP contribution in [0.4, 0.5) is 5.82 Å². The molecule has 2 N–H and O–H groups in total. The van der Waals surface area contributed by atoms with Gasteiger partial charge in [-0.2, -0.15) is 0 Å². The molecule has 2 heterocycles. The van der Waals surface area contributed by atoms with Crippen molar-refractivity contribution in [3.05, 3.63) is 12.7 Å². The van der Waals surface area contributed by atoms with Crippen LogP contribution in [0.1, 0.15) is 13.8 Å². The topological polar surface area (TPSA) is 125 Å². The second-order valence-electron chi connectivity index (χ2n) is 6.09. The number of hydrogen-bond donors (Lipinski definition) is 1. The molecule has 150 valence electrons. The van der Waals surface area contributed by atoms with Crippen molar-refractivity contribution in [2.24, 2.45) is 0 Å². The number of anilines is 1. The highest BCUT2D eigenvalue weighted by atomic mass is 32.2. The van der Waals surface area contributed by atoms with E-state index in [0.29, 0.717) is 29.3 Å². The minimum Gasteiger partial charge on any atom is -0.382 e. The van der Waals surface area contributed by atoms with E-state index in [1.807, 2.05) is 11.5 Å². The monoisotopic (exact) mass is 416 g/mol. The van der Waals surface area contributed by atoms with Gasteiger partial charge in [0.05, 0.1) is 25.6 Å². The molecule has 0 saturated carbocycles. The van der Waals surface area contributed by atoms with E-state index in [4.69, 9.17) is 15.0 Å². The van der Waals surface area contributed by atoms with Crippen molar-refractivity contribution in [1.82, 2.24) is 24.2 Å². The average molecular weight is 416 g/mol. The number of imidazole rings is 1. The van der Waals surface area contributed by atoms with Crippen molar-refractivity contribution in [3.63, 3.8) is 0 Å². The smallest absolute Gasteiger partial charge is 0.297 e. The van der Waals surface area contributed by atoms with Crippen LogP contribution in [0.5, 0.6) is 0 Å². The summed E-state index contributed by atoms with van der Waals surface area (Å²) in [6.07, 6.45) is 2.68. The summed E-state index contributed by atoms with van der Waals surface area (Å²) < 4.78 is 27.6. The van der Waals surface area contributed by atoms with Gasteiger partial charge in [-0.15, -0.1) is 0 Å². The highest BCUT2D eigenvalue weighted by molar-refractivity contribution is 8.13. The number of nitrogens with zero attached hydrogens (tertiary/aromatic N) is 5. The zero-order chi connectivity index (χ0) is 20.0. The molecule has 0 aliphatic heterocycles. The zero-order valence-corrected chi connectivity index (χ0v) is 17.6. The van der Waals surface area contributed by atoms with Crippen LogP contribution < -0.4 is 5.73 Å². The van der Waals surface area contributed by atoms with Gasteiger partial charge in [0.25, 0.3) is 7.52 Å².